The second-order valence-corrected chi connectivity index (χ2v) is 4.60. The first-order valence-electron chi connectivity index (χ1n) is 6.02. The van der Waals surface area contributed by atoms with Gasteiger partial charge in [-0.3, -0.25) is 9.48 Å². The Morgan fingerprint density at radius 3 is 2.76 bits per heavy atom. The molecule has 114 valence electrons. The van der Waals surface area contributed by atoms with Crippen molar-refractivity contribution < 1.29 is 22.5 Å². The van der Waals surface area contributed by atoms with E-state index in [1.807, 2.05) is 0 Å². The molecule has 0 radical (unpaired) electrons. The van der Waals surface area contributed by atoms with Crippen LogP contribution >= 0.6 is 0 Å². The van der Waals surface area contributed by atoms with Crippen LogP contribution in [0.5, 0.6) is 0 Å². The number of halogens is 3. The topological polar surface area (TPSA) is 64.2 Å². The fraction of sp³-hybridized carbons (Fsp3) is 0.417. The van der Waals surface area contributed by atoms with Crippen molar-refractivity contribution in [3.63, 3.8) is 0 Å². The molecule has 2 heterocycles. The van der Waals surface area contributed by atoms with Crippen molar-refractivity contribution in [3.8, 4) is 0 Å². The molecule has 0 bridgehead atoms. The van der Waals surface area contributed by atoms with Gasteiger partial charge in [0.15, 0.2) is 0 Å². The summed E-state index contributed by atoms with van der Waals surface area (Å²) in [7, 11) is 1.51. The molecule has 2 rings (SSSR count). The van der Waals surface area contributed by atoms with Crippen LogP contribution < -0.4 is 0 Å². The zero-order valence-electron chi connectivity index (χ0n) is 11.4. The van der Waals surface area contributed by atoms with Crippen LogP contribution in [0.3, 0.4) is 0 Å². The van der Waals surface area contributed by atoms with E-state index < -0.39 is 18.6 Å². The van der Waals surface area contributed by atoms with Gasteiger partial charge in [-0.1, -0.05) is 5.16 Å². The van der Waals surface area contributed by atoms with Crippen LogP contribution in [0.2, 0.25) is 0 Å². The lowest BCUT2D eigenvalue weighted by atomic mass is 10.3. The second-order valence-electron chi connectivity index (χ2n) is 4.60. The van der Waals surface area contributed by atoms with Crippen molar-refractivity contribution >= 4 is 5.91 Å². The van der Waals surface area contributed by atoms with E-state index in [0.29, 0.717) is 16.1 Å². The van der Waals surface area contributed by atoms with Gasteiger partial charge < -0.3 is 9.42 Å². The highest BCUT2D eigenvalue weighted by Gasteiger charge is 2.29. The molecule has 0 saturated carbocycles. The predicted octanol–water partition coefficient (Wildman–Crippen LogP) is 2.01. The van der Waals surface area contributed by atoms with Gasteiger partial charge in [0, 0.05) is 19.3 Å². The molecule has 0 saturated heterocycles. The summed E-state index contributed by atoms with van der Waals surface area (Å²) >= 11 is 0. The highest BCUT2D eigenvalue weighted by Crippen LogP contribution is 2.17. The van der Waals surface area contributed by atoms with Crippen LogP contribution in [0.1, 0.15) is 21.9 Å². The Balaban J connectivity index is 2.02. The Bertz CT molecular complexity index is 632. The van der Waals surface area contributed by atoms with Gasteiger partial charge in [-0.15, -0.1) is 0 Å². The van der Waals surface area contributed by atoms with Crippen molar-refractivity contribution in [2.75, 3.05) is 7.05 Å². The Morgan fingerprint density at radius 2 is 2.19 bits per heavy atom. The third-order valence-corrected chi connectivity index (χ3v) is 2.62. The molecule has 0 unspecified atom stereocenters. The SMILES string of the molecule is Cc1cc(CN(C)C(=O)c2ccn(CC(F)(F)F)n2)no1. The minimum absolute atomic E-state index is 0.0537. The van der Waals surface area contributed by atoms with E-state index in [4.69, 9.17) is 4.52 Å². The van der Waals surface area contributed by atoms with Crippen LogP contribution in [0, 0.1) is 6.92 Å². The van der Waals surface area contributed by atoms with E-state index >= 15 is 0 Å². The maximum absolute atomic E-state index is 12.2. The maximum atomic E-state index is 12.2. The summed E-state index contributed by atoms with van der Waals surface area (Å²) in [6.45, 7) is 0.673. The van der Waals surface area contributed by atoms with Crippen molar-refractivity contribution in [1.29, 1.82) is 0 Å². The zero-order valence-corrected chi connectivity index (χ0v) is 11.4. The molecule has 1 amide bonds. The number of hydrogen-bond acceptors (Lipinski definition) is 4. The van der Waals surface area contributed by atoms with E-state index in [2.05, 4.69) is 10.3 Å². The lowest BCUT2D eigenvalue weighted by Crippen LogP contribution is -2.27. The van der Waals surface area contributed by atoms with Crippen LogP contribution in [0.4, 0.5) is 13.2 Å². The second kappa shape index (κ2) is 5.58. The summed E-state index contributed by atoms with van der Waals surface area (Å²) in [5.74, 6) is 0.122. The number of rotatable bonds is 4. The van der Waals surface area contributed by atoms with E-state index in [-0.39, 0.29) is 12.2 Å². The van der Waals surface area contributed by atoms with Gasteiger partial charge >= 0.3 is 6.18 Å². The van der Waals surface area contributed by atoms with Gasteiger partial charge in [-0.05, 0) is 13.0 Å². The first kappa shape index (κ1) is 15.1. The number of carbonyl (C=O) groups excluding carboxylic acids is 1. The molecule has 0 aliphatic rings. The van der Waals surface area contributed by atoms with E-state index in [0.717, 1.165) is 6.20 Å². The van der Waals surface area contributed by atoms with E-state index in [9.17, 15) is 18.0 Å². The number of hydrogen-bond donors (Lipinski definition) is 0. The zero-order chi connectivity index (χ0) is 15.6. The van der Waals surface area contributed by atoms with Gasteiger partial charge in [0.25, 0.3) is 5.91 Å². The van der Waals surface area contributed by atoms with Gasteiger partial charge in [-0.2, -0.15) is 18.3 Å². The molecule has 0 spiro atoms. The Morgan fingerprint density at radius 1 is 1.48 bits per heavy atom. The van der Waals surface area contributed by atoms with Gasteiger partial charge in [-0.25, -0.2) is 0 Å². The molecule has 0 atom stereocenters. The molecule has 9 heteroatoms. The summed E-state index contributed by atoms with van der Waals surface area (Å²) in [4.78, 5) is 13.3. The summed E-state index contributed by atoms with van der Waals surface area (Å²) in [6.07, 6.45) is -3.26. The normalized spacial score (nSPS) is 11.7. The summed E-state index contributed by atoms with van der Waals surface area (Å²) in [5, 5.41) is 7.37. The lowest BCUT2D eigenvalue weighted by molar-refractivity contribution is -0.142. The highest BCUT2D eigenvalue weighted by molar-refractivity contribution is 5.91. The van der Waals surface area contributed by atoms with E-state index in [1.54, 1.807) is 13.0 Å². The number of nitrogens with zero attached hydrogens (tertiary/aromatic N) is 4. The molecule has 0 aliphatic heterocycles. The molecule has 2 aromatic heterocycles. The van der Waals surface area contributed by atoms with Crippen molar-refractivity contribution in [2.24, 2.45) is 0 Å². The largest absolute Gasteiger partial charge is 0.408 e. The first-order chi connectivity index (χ1) is 9.74. The smallest absolute Gasteiger partial charge is 0.361 e. The lowest BCUT2D eigenvalue weighted by Gasteiger charge is -2.13. The van der Waals surface area contributed by atoms with Crippen LogP contribution in [0.15, 0.2) is 22.9 Å². The molecule has 0 aromatic carbocycles. The summed E-state index contributed by atoms with van der Waals surface area (Å²) < 4.78 is 42.2. The molecule has 0 aliphatic carbocycles. The van der Waals surface area contributed by atoms with Crippen molar-refractivity contribution in [1.82, 2.24) is 19.8 Å². The minimum atomic E-state index is -4.38. The molecule has 21 heavy (non-hydrogen) atoms. The fourth-order valence-electron chi connectivity index (χ4n) is 1.75. The molecule has 0 fully saturated rings. The Hall–Kier alpha value is -2.32. The Kier molecular flexibility index (Phi) is 4.01. The monoisotopic (exact) mass is 302 g/mol. The number of amides is 1. The number of aromatic nitrogens is 3. The molecule has 6 nitrogen and oxygen atoms in total. The number of aryl methyl sites for hydroxylation is 1. The van der Waals surface area contributed by atoms with Gasteiger partial charge in [0.2, 0.25) is 0 Å². The average Bonchev–Trinajstić information content (AvgIpc) is 2.96. The van der Waals surface area contributed by atoms with Crippen molar-refractivity contribution in [2.45, 2.75) is 26.2 Å². The van der Waals surface area contributed by atoms with Gasteiger partial charge in [0.1, 0.15) is 23.7 Å². The van der Waals surface area contributed by atoms with Crippen molar-refractivity contribution in [3.05, 3.63) is 35.5 Å². The quantitative estimate of drug-likeness (QED) is 0.866. The van der Waals surface area contributed by atoms with Crippen LogP contribution in [0.25, 0.3) is 0 Å². The standard InChI is InChI=1S/C12H13F3N4O2/c1-8-5-9(17-21-8)6-18(2)11(20)10-3-4-19(16-10)7-12(13,14)15/h3-5H,6-7H2,1-2H3. The fourth-order valence-corrected chi connectivity index (χ4v) is 1.75. The summed E-state index contributed by atoms with van der Waals surface area (Å²) in [5.41, 5.74) is 0.500. The molecular formula is C12H13F3N4O2. The maximum Gasteiger partial charge on any atom is 0.408 e. The third kappa shape index (κ3) is 4.07. The van der Waals surface area contributed by atoms with E-state index in [1.165, 1.54) is 18.0 Å². The van der Waals surface area contributed by atoms with Gasteiger partial charge in [0.05, 0.1) is 6.54 Å². The molecular weight excluding hydrogens is 289 g/mol. The number of alkyl halides is 3. The first-order valence-corrected chi connectivity index (χ1v) is 6.02. The average molecular weight is 302 g/mol. The number of carbonyl (C=O) groups is 1. The predicted molar refractivity (Wildman–Crippen MR) is 65.3 cm³/mol. The molecule has 2 aromatic rings. The third-order valence-electron chi connectivity index (χ3n) is 2.62. The van der Waals surface area contributed by atoms with Crippen LogP contribution in [-0.4, -0.2) is 39.0 Å². The van der Waals surface area contributed by atoms with Crippen LogP contribution in [-0.2, 0) is 13.1 Å². The minimum Gasteiger partial charge on any atom is -0.361 e. The Labute approximate surface area is 118 Å². The molecule has 0 N–H and O–H groups in total. The highest BCUT2D eigenvalue weighted by atomic mass is 19.4. The summed E-state index contributed by atoms with van der Waals surface area (Å²) in [6, 6.07) is 2.92.